The molecule has 0 aromatic carbocycles. The van der Waals surface area contributed by atoms with E-state index in [-0.39, 0.29) is 35.7 Å². The Bertz CT molecular complexity index is 425. The zero-order chi connectivity index (χ0) is 13.0. The predicted octanol–water partition coefficient (Wildman–Crippen LogP) is -0.507. The molecule has 18 heavy (non-hydrogen) atoms. The quantitative estimate of drug-likeness (QED) is 0.594. The average Bonchev–Trinajstić information content (AvgIpc) is 2.78. The standard InChI is InChI=1S/C9H13N5O2S2/c10-5-3-6(15)13-9(12-5)18-4-7(16)14-8-11-1-2-17-8/h1-2,5,9,12H,3-4,10H2,(H,13,15)(H,11,14,16). The first-order chi connectivity index (χ1) is 8.63. The number of nitrogens with one attached hydrogen (secondary N) is 3. The summed E-state index contributed by atoms with van der Waals surface area (Å²) in [5.74, 6) is -0.0613. The van der Waals surface area contributed by atoms with E-state index >= 15 is 0 Å². The van der Waals surface area contributed by atoms with Gasteiger partial charge in [0, 0.05) is 11.6 Å². The molecule has 7 nitrogen and oxygen atoms in total. The fourth-order valence-electron chi connectivity index (χ4n) is 1.39. The maximum atomic E-state index is 11.6. The summed E-state index contributed by atoms with van der Waals surface area (Å²) < 4.78 is 0. The lowest BCUT2D eigenvalue weighted by Gasteiger charge is -2.28. The molecule has 0 spiro atoms. The van der Waals surface area contributed by atoms with Crippen LogP contribution >= 0.6 is 23.1 Å². The van der Waals surface area contributed by atoms with Crippen LogP contribution in [-0.2, 0) is 9.59 Å². The number of nitrogens with zero attached hydrogens (tertiary/aromatic N) is 1. The highest BCUT2D eigenvalue weighted by Crippen LogP contribution is 2.13. The maximum Gasteiger partial charge on any atom is 0.236 e. The summed E-state index contributed by atoms with van der Waals surface area (Å²) in [4.78, 5) is 26.8. The number of carbonyl (C=O) groups excluding carboxylic acids is 2. The lowest BCUT2D eigenvalue weighted by Crippen LogP contribution is -2.58. The van der Waals surface area contributed by atoms with Crippen LogP contribution in [0.15, 0.2) is 11.6 Å². The highest BCUT2D eigenvalue weighted by Gasteiger charge is 2.23. The molecule has 0 aliphatic carbocycles. The molecule has 1 aromatic rings. The molecule has 0 saturated carbocycles. The van der Waals surface area contributed by atoms with Gasteiger partial charge in [-0.1, -0.05) is 0 Å². The SMILES string of the molecule is NC1CC(=O)NC(SCC(=O)Nc2nccs2)N1. The summed E-state index contributed by atoms with van der Waals surface area (Å²) in [5.41, 5.74) is 5.31. The third-order valence-electron chi connectivity index (χ3n) is 2.12. The predicted molar refractivity (Wildman–Crippen MR) is 70.9 cm³/mol. The van der Waals surface area contributed by atoms with Gasteiger partial charge in [-0.15, -0.1) is 23.1 Å². The number of rotatable bonds is 4. The van der Waals surface area contributed by atoms with Crippen molar-refractivity contribution in [2.45, 2.75) is 18.1 Å². The van der Waals surface area contributed by atoms with Gasteiger partial charge in [0.25, 0.3) is 0 Å². The Balaban J connectivity index is 1.74. The van der Waals surface area contributed by atoms with Crippen molar-refractivity contribution in [3.63, 3.8) is 0 Å². The van der Waals surface area contributed by atoms with Crippen molar-refractivity contribution < 1.29 is 9.59 Å². The van der Waals surface area contributed by atoms with Crippen LogP contribution < -0.4 is 21.7 Å². The molecule has 9 heteroatoms. The zero-order valence-corrected chi connectivity index (χ0v) is 11.0. The van der Waals surface area contributed by atoms with Gasteiger partial charge in [0.2, 0.25) is 11.8 Å². The zero-order valence-electron chi connectivity index (χ0n) is 9.38. The number of thiazole rings is 1. The Kier molecular flexibility index (Phi) is 4.53. The fourth-order valence-corrected chi connectivity index (χ4v) is 2.81. The second-order valence-electron chi connectivity index (χ2n) is 3.62. The molecule has 1 aliphatic heterocycles. The second-order valence-corrected chi connectivity index (χ2v) is 5.61. The maximum absolute atomic E-state index is 11.6. The summed E-state index contributed by atoms with van der Waals surface area (Å²) in [6.07, 6.45) is 1.51. The Labute approximate surface area is 112 Å². The molecule has 1 aliphatic rings. The number of thioether (sulfide) groups is 1. The molecule has 5 N–H and O–H groups in total. The number of hydrogen-bond donors (Lipinski definition) is 4. The van der Waals surface area contributed by atoms with E-state index in [1.807, 2.05) is 0 Å². The number of aromatic nitrogens is 1. The molecular weight excluding hydrogens is 274 g/mol. The van der Waals surface area contributed by atoms with Gasteiger partial charge in [-0.05, 0) is 0 Å². The van der Waals surface area contributed by atoms with E-state index in [2.05, 4.69) is 20.9 Å². The molecule has 0 radical (unpaired) electrons. The van der Waals surface area contributed by atoms with E-state index in [0.717, 1.165) is 0 Å². The van der Waals surface area contributed by atoms with E-state index in [1.165, 1.54) is 23.1 Å². The van der Waals surface area contributed by atoms with Crippen LogP contribution in [0.1, 0.15) is 6.42 Å². The summed E-state index contributed by atoms with van der Waals surface area (Å²) in [6.45, 7) is 0. The van der Waals surface area contributed by atoms with Crippen LogP contribution in [0.25, 0.3) is 0 Å². The van der Waals surface area contributed by atoms with Crippen LogP contribution in [0.3, 0.4) is 0 Å². The lowest BCUT2D eigenvalue weighted by atomic mass is 10.3. The van der Waals surface area contributed by atoms with Gasteiger partial charge in [0.15, 0.2) is 5.13 Å². The summed E-state index contributed by atoms with van der Waals surface area (Å²) in [5, 5.41) is 10.7. The van der Waals surface area contributed by atoms with Gasteiger partial charge in [0.1, 0.15) is 5.50 Å². The van der Waals surface area contributed by atoms with Crippen LogP contribution in [0, 0.1) is 0 Å². The molecule has 2 atom stereocenters. The van der Waals surface area contributed by atoms with Crippen molar-refractivity contribution in [2.24, 2.45) is 5.73 Å². The summed E-state index contributed by atoms with van der Waals surface area (Å²) in [7, 11) is 0. The van der Waals surface area contributed by atoms with E-state index < -0.39 is 0 Å². The topological polar surface area (TPSA) is 109 Å². The second kappa shape index (κ2) is 6.14. The molecule has 1 saturated heterocycles. The van der Waals surface area contributed by atoms with Crippen molar-refractivity contribution in [2.75, 3.05) is 11.1 Å². The Hall–Kier alpha value is -1.16. The average molecular weight is 287 g/mol. The fraction of sp³-hybridized carbons (Fsp3) is 0.444. The van der Waals surface area contributed by atoms with Gasteiger partial charge in [-0.3, -0.25) is 14.9 Å². The Morgan fingerprint density at radius 2 is 2.56 bits per heavy atom. The third-order valence-corrected chi connectivity index (χ3v) is 3.83. The first-order valence-corrected chi connectivity index (χ1v) is 7.18. The lowest BCUT2D eigenvalue weighted by molar-refractivity contribution is -0.123. The monoisotopic (exact) mass is 287 g/mol. The number of carbonyl (C=O) groups is 2. The molecule has 1 fully saturated rings. The highest BCUT2D eigenvalue weighted by atomic mass is 32.2. The van der Waals surface area contributed by atoms with E-state index in [4.69, 9.17) is 5.73 Å². The van der Waals surface area contributed by atoms with Crippen molar-refractivity contribution in [3.05, 3.63) is 11.6 Å². The Morgan fingerprint density at radius 1 is 1.72 bits per heavy atom. The molecule has 0 bridgehead atoms. The molecule has 1 aromatic heterocycles. The molecule has 2 amide bonds. The van der Waals surface area contributed by atoms with Gasteiger partial charge >= 0.3 is 0 Å². The number of nitrogens with two attached hydrogens (primary N) is 1. The Morgan fingerprint density at radius 3 is 3.22 bits per heavy atom. The van der Waals surface area contributed by atoms with Gasteiger partial charge in [-0.2, -0.15) is 0 Å². The van der Waals surface area contributed by atoms with E-state index in [0.29, 0.717) is 5.13 Å². The van der Waals surface area contributed by atoms with E-state index in [9.17, 15) is 9.59 Å². The minimum Gasteiger partial charge on any atom is -0.332 e. The summed E-state index contributed by atoms with van der Waals surface area (Å²) >= 11 is 2.63. The highest BCUT2D eigenvalue weighted by molar-refractivity contribution is 8.00. The normalized spacial score (nSPS) is 23.5. The first-order valence-electron chi connectivity index (χ1n) is 5.25. The van der Waals surface area contributed by atoms with Crippen LogP contribution in [0.4, 0.5) is 5.13 Å². The number of anilines is 1. The van der Waals surface area contributed by atoms with Crippen molar-refractivity contribution >= 4 is 40.0 Å². The van der Waals surface area contributed by atoms with Crippen molar-refractivity contribution in [3.8, 4) is 0 Å². The largest absolute Gasteiger partial charge is 0.332 e. The smallest absolute Gasteiger partial charge is 0.236 e. The third kappa shape index (κ3) is 3.95. The van der Waals surface area contributed by atoms with Crippen LogP contribution in [0.5, 0.6) is 0 Å². The molecular formula is C9H13N5O2S2. The first kappa shape index (κ1) is 13.3. The number of hydrogen-bond acceptors (Lipinski definition) is 7. The van der Waals surface area contributed by atoms with Gasteiger partial charge in [0.05, 0.1) is 18.3 Å². The van der Waals surface area contributed by atoms with Crippen molar-refractivity contribution in [1.82, 2.24) is 15.6 Å². The molecule has 2 rings (SSSR count). The van der Waals surface area contributed by atoms with Crippen molar-refractivity contribution in [1.29, 1.82) is 0 Å². The van der Waals surface area contributed by atoms with E-state index in [1.54, 1.807) is 11.6 Å². The number of amides is 2. The minimum atomic E-state index is -0.363. The molecule has 2 unspecified atom stereocenters. The summed E-state index contributed by atoms with van der Waals surface area (Å²) in [6, 6.07) is 0. The van der Waals surface area contributed by atoms with Crippen LogP contribution in [-0.4, -0.2) is 34.2 Å². The van der Waals surface area contributed by atoms with Gasteiger partial charge in [-0.25, -0.2) is 4.98 Å². The van der Waals surface area contributed by atoms with Gasteiger partial charge < -0.3 is 16.4 Å². The van der Waals surface area contributed by atoms with Crippen LogP contribution in [0.2, 0.25) is 0 Å². The minimum absolute atomic E-state index is 0.112. The molecule has 98 valence electrons. The molecule has 2 heterocycles.